The average molecular weight is 479 g/mol. The zero-order valence-electron chi connectivity index (χ0n) is 19.6. The van der Waals surface area contributed by atoms with E-state index in [9.17, 15) is 15.2 Å². The van der Waals surface area contributed by atoms with Crippen LogP contribution >= 0.6 is 11.8 Å². The topological polar surface area (TPSA) is 111 Å². The van der Waals surface area contributed by atoms with E-state index in [0.717, 1.165) is 43.3 Å². The molecule has 2 heterocycles. The van der Waals surface area contributed by atoms with Crippen LogP contribution in [0.3, 0.4) is 0 Å². The number of carbonyl (C=O) groups is 1. The van der Waals surface area contributed by atoms with Crippen LogP contribution in [0.25, 0.3) is 4.85 Å². The number of aliphatic hydroxyl groups is 1. The normalized spacial score (nSPS) is 16.6. The number of likely N-dealkylation sites (N-methyl/N-ethyl adjacent to an activating group) is 1. The van der Waals surface area contributed by atoms with E-state index in [0.29, 0.717) is 40.6 Å². The summed E-state index contributed by atoms with van der Waals surface area (Å²) in [5.74, 6) is -0.0300. The Labute approximate surface area is 205 Å². The number of likely N-dealkylation sites (tertiary alicyclic amines) is 1. The number of hydrogen-bond donors (Lipinski definition) is 2. The molecule has 0 bridgehead atoms. The Morgan fingerprint density at radius 1 is 1.47 bits per heavy atom. The van der Waals surface area contributed by atoms with Gasteiger partial charge >= 0.3 is 0 Å². The minimum atomic E-state index is -0.711. The lowest BCUT2D eigenvalue weighted by Gasteiger charge is -2.28. The molecule has 1 aliphatic heterocycles. The molecular formula is C25H30N6O2S. The van der Waals surface area contributed by atoms with Gasteiger partial charge in [-0.3, -0.25) is 9.69 Å². The summed E-state index contributed by atoms with van der Waals surface area (Å²) in [6, 6.07) is 11.6. The fourth-order valence-corrected chi connectivity index (χ4v) is 5.38. The summed E-state index contributed by atoms with van der Waals surface area (Å²) < 4.78 is 0. The van der Waals surface area contributed by atoms with Crippen molar-refractivity contribution in [2.75, 3.05) is 38.2 Å². The maximum absolute atomic E-state index is 12.3. The van der Waals surface area contributed by atoms with Crippen molar-refractivity contribution in [3.05, 3.63) is 58.4 Å². The van der Waals surface area contributed by atoms with Crippen molar-refractivity contribution in [3.8, 4) is 6.07 Å². The Hall–Kier alpha value is -3.11. The smallest absolute Gasteiger partial charge is 0.235 e. The predicted molar refractivity (Wildman–Crippen MR) is 134 cm³/mol. The average Bonchev–Trinajstić information content (AvgIpc) is 3.32. The Kier molecular flexibility index (Phi) is 8.89. The van der Waals surface area contributed by atoms with Gasteiger partial charge in [0.2, 0.25) is 11.6 Å². The van der Waals surface area contributed by atoms with Crippen molar-refractivity contribution in [3.63, 3.8) is 0 Å². The quantitative estimate of drug-likeness (QED) is 0.398. The summed E-state index contributed by atoms with van der Waals surface area (Å²) in [6.07, 6.45) is 2.53. The van der Waals surface area contributed by atoms with Crippen LogP contribution in [0.1, 0.15) is 41.7 Å². The van der Waals surface area contributed by atoms with Crippen LogP contribution < -0.4 is 10.6 Å². The van der Waals surface area contributed by atoms with Gasteiger partial charge in [-0.05, 0) is 36.9 Å². The fourth-order valence-electron chi connectivity index (χ4n) is 4.33. The third-order valence-electron chi connectivity index (χ3n) is 6.18. The number of anilines is 1. The van der Waals surface area contributed by atoms with Gasteiger partial charge in [0, 0.05) is 26.2 Å². The molecule has 1 aromatic heterocycles. The molecule has 1 unspecified atom stereocenters. The molecule has 3 N–H and O–H groups in total. The number of hydrogen-bond acceptors (Lipinski definition) is 7. The second kappa shape index (κ2) is 11.8. The van der Waals surface area contributed by atoms with Gasteiger partial charge in [0.05, 0.1) is 18.7 Å². The van der Waals surface area contributed by atoms with Gasteiger partial charge in [0.15, 0.2) is 0 Å². The highest BCUT2D eigenvalue weighted by atomic mass is 32.2. The van der Waals surface area contributed by atoms with E-state index in [1.165, 1.54) is 0 Å². The SMILES string of the molecule is [C-]#[N+]c1c(N(C)CCN2CCC[C@H]2CO)nc(SC(C(N)=O)c2ccccc2)c(C#N)c1CC. The van der Waals surface area contributed by atoms with Crippen LogP contribution in [0, 0.1) is 17.9 Å². The molecule has 8 nitrogen and oxygen atoms in total. The van der Waals surface area contributed by atoms with Crippen LogP contribution in [0.5, 0.6) is 0 Å². The minimum absolute atomic E-state index is 0.140. The number of carbonyl (C=O) groups excluding carboxylic acids is 1. The predicted octanol–water partition coefficient (Wildman–Crippen LogP) is 3.28. The van der Waals surface area contributed by atoms with Crippen molar-refractivity contribution in [2.24, 2.45) is 5.73 Å². The molecule has 3 rings (SSSR count). The summed E-state index contributed by atoms with van der Waals surface area (Å²) in [5, 5.41) is 19.2. The van der Waals surface area contributed by atoms with E-state index >= 15 is 0 Å². The van der Waals surface area contributed by atoms with Crippen LogP contribution in [0.15, 0.2) is 35.4 Å². The molecule has 34 heavy (non-hydrogen) atoms. The standard InChI is InChI=1S/C25H30N6O2S/c1-4-19-20(15-26)25(34-22(23(27)33)17-9-6-5-7-10-17)29-24(21(19)28-2)30(3)13-14-31-12-8-11-18(31)16-32/h5-7,9-10,18,22,32H,4,8,11-14,16H2,1,3H3,(H2,27,33)/t18-,22?/m0/s1. The van der Waals surface area contributed by atoms with Gasteiger partial charge in [-0.2, -0.15) is 5.26 Å². The summed E-state index contributed by atoms with van der Waals surface area (Å²) >= 11 is 1.15. The first-order valence-corrected chi connectivity index (χ1v) is 12.2. The highest BCUT2D eigenvalue weighted by Crippen LogP contribution is 2.42. The number of nitrogens with two attached hydrogens (primary N) is 1. The number of nitrogens with zero attached hydrogens (tertiary/aromatic N) is 5. The van der Waals surface area contributed by atoms with E-state index in [4.69, 9.17) is 17.3 Å². The van der Waals surface area contributed by atoms with Crippen LogP contribution in [-0.2, 0) is 11.2 Å². The van der Waals surface area contributed by atoms with Crippen molar-refractivity contribution in [1.29, 1.82) is 5.26 Å². The fraction of sp³-hybridized carbons (Fsp3) is 0.440. The number of primary amides is 1. The molecule has 1 aromatic carbocycles. The zero-order chi connectivity index (χ0) is 24.7. The van der Waals surface area contributed by atoms with Gasteiger partial charge in [0.25, 0.3) is 0 Å². The Morgan fingerprint density at radius 3 is 2.79 bits per heavy atom. The molecule has 1 amide bonds. The van der Waals surface area contributed by atoms with Gasteiger partial charge in [-0.1, -0.05) is 49.0 Å². The van der Waals surface area contributed by atoms with Crippen molar-refractivity contribution >= 4 is 29.2 Å². The highest BCUT2D eigenvalue weighted by Gasteiger charge is 2.28. The number of nitriles is 1. The second-order valence-corrected chi connectivity index (χ2v) is 9.36. The first-order chi connectivity index (χ1) is 16.4. The molecule has 1 aliphatic rings. The molecule has 178 valence electrons. The maximum atomic E-state index is 12.3. The van der Waals surface area contributed by atoms with Crippen molar-refractivity contribution in [1.82, 2.24) is 9.88 Å². The third-order valence-corrected chi connectivity index (χ3v) is 7.44. The van der Waals surface area contributed by atoms with Gasteiger partial charge in [-0.15, -0.1) is 0 Å². The van der Waals surface area contributed by atoms with E-state index in [-0.39, 0.29) is 12.6 Å². The Bertz CT molecular complexity index is 1100. The molecule has 1 saturated heterocycles. The molecule has 0 radical (unpaired) electrons. The van der Waals surface area contributed by atoms with E-state index in [1.54, 1.807) is 0 Å². The highest BCUT2D eigenvalue weighted by molar-refractivity contribution is 8.00. The Morgan fingerprint density at radius 2 is 2.21 bits per heavy atom. The zero-order valence-corrected chi connectivity index (χ0v) is 20.4. The Balaban J connectivity index is 1.98. The van der Waals surface area contributed by atoms with Gasteiger partial charge in [0.1, 0.15) is 22.2 Å². The van der Waals surface area contributed by atoms with Crippen LogP contribution in [0.4, 0.5) is 11.5 Å². The van der Waals surface area contributed by atoms with Crippen LogP contribution in [0.2, 0.25) is 0 Å². The second-order valence-electron chi connectivity index (χ2n) is 8.27. The molecule has 0 saturated carbocycles. The maximum Gasteiger partial charge on any atom is 0.235 e. The third kappa shape index (κ3) is 5.51. The molecular weight excluding hydrogens is 448 g/mol. The number of thioether (sulfide) groups is 1. The first-order valence-electron chi connectivity index (χ1n) is 11.4. The van der Waals surface area contributed by atoms with E-state index in [1.807, 2.05) is 49.2 Å². The lowest BCUT2D eigenvalue weighted by atomic mass is 10.1. The lowest BCUT2D eigenvalue weighted by Crippen LogP contribution is -2.38. The van der Waals surface area contributed by atoms with Gasteiger partial charge in [-0.25, -0.2) is 9.83 Å². The van der Waals surface area contributed by atoms with E-state index in [2.05, 4.69) is 15.8 Å². The molecule has 9 heteroatoms. The number of pyridine rings is 1. The molecule has 0 aliphatic carbocycles. The summed E-state index contributed by atoms with van der Waals surface area (Å²) in [4.78, 5) is 25.0. The number of rotatable bonds is 10. The van der Waals surface area contributed by atoms with Crippen molar-refractivity contribution in [2.45, 2.75) is 42.5 Å². The monoisotopic (exact) mass is 478 g/mol. The molecule has 1 fully saturated rings. The van der Waals surface area contributed by atoms with Gasteiger partial charge < -0.3 is 15.7 Å². The number of aromatic nitrogens is 1. The molecule has 0 spiro atoms. The number of aliphatic hydroxyl groups excluding tert-OH is 1. The largest absolute Gasteiger partial charge is 0.395 e. The molecule has 2 aromatic rings. The summed E-state index contributed by atoms with van der Waals surface area (Å²) in [5.41, 5.74) is 7.76. The summed E-state index contributed by atoms with van der Waals surface area (Å²) in [6.45, 7) is 12.1. The van der Waals surface area contributed by atoms with E-state index < -0.39 is 11.2 Å². The summed E-state index contributed by atoms with van der Waals surface area (Å²) in [7, 11) is 1.88. The van der Waals surface area contributed by atoms with Crippen molar-refractivity contribution < 1.29 is 9.90 Å². The lowest BCUT2D eigenvalue weighted by molar-refractivity contribution is -0.117. The minimum Gasteiger partial charge on any atom is -0.395 e. The number of benzene rings is 1. The van der Waals surface area contributed by atoms with Crippen LogP contribution in [-0.4, -0.2) is 60.2 Å². The first kappa shape index (κ1) is 25.5. The molecule has 2 atom stereocenters. The number of amides is 1.